The summed E-state index contributed by atoms with van der Waals surface area (Å²) < 4.78 is 8.16. The van der Waals surface area contributed by atoms with Crippen LogP contribution in [0.15, 0.2) is 42.7 Å². The maximum Gasteiger partial charge on any atom is 0.408 e. The Morgan fingerprint density at radius 3 is 2.53 bits per heavy atom. The van der Waals surface area contributed by atoms with Crippen molar-refractivity contribution in [2.45, 2.75) is 37.8 Å². The Bertz CT molecular complexity index is 981. The minimum atomic E-state index is -1.18. The predicted molar refractivity (Wildman–Crippen MR) is 107 cm³/mol. The van der Waals surface area contributed by atoms with Crippen molar-refractivity contribution in [3.63, 3.8) is 0 Å². The summed E-state index contributed by atoms with van der Waals surface area (Å²) in [6, 6.07) is 10.4. The van der Waals surface area contributed by atoms with E-state index in [-0.39, 0.29) is 24.5 Å². The standard InChI is InChI=1S/C22H23N3O5/c23-12-14-3-5-17(24-7-1-2-8-24)11-20(14)30-18-6-4-15-13-25(22(28)29)19(21(26)27)10-16(15)9-18/h1-3,5,7-8,11,15-16,18-19H,4,6,9-10,13H2,(H,26,27)(H,28,29)/t15-,16+,18-,19-/m0/s1. The molecule has 2 fully saturated rings. The van der Waals surface area contributed by atoms with E-state index in [1.54, 1.807) is 6.07 Å². The average molecular weight is 409 g/mol. The number of hydrogen-bond donors (Lipinski definition) is 2. The van der Waals surface area contributed by atoms with Crippen LogP contribution in [0.1, 0.15) is 31.2 Å². The zero-order chi connectivity index (χ0) is 21.3. The van der Waals surface area contributed by atoms with Crippen LogP contribution in [0.25, 0.3) is 5.69 Å². The number of ether oxygens (including phenoxy) is 1. The van der Waals surface area contributed by atoms with Gasteiger partial charge >= 0.3 is 12.1 Å². The summed E-state index contributed by atoms with van der Waals surface area (Å²) in [6.07, 6.45) is 4.97. The molecule has 1 aliphatic carbocycles. The van der Waals surface area contributed by atoms with Gasteiger partial charge in [-0.25, -0.2) is 9.59 Å². The number of benzene rings is 1. The molecule has 2 aromatic rings. The summed E-state index contributed by atoms with van der Waals surface area (Å²) in [5, 5.41) is 28.3. The van der Waals surface area contributed by atoms with E-state index in [4.69, 9.17) is 4.74 Å². The number of nitriles is 1. The van der Waals surface area contributed by atoms with Crippen LogP contribution >= 0.6 is 0 Å². The largest absolute Gasteiger partial charge is 0.489 e. The first kappa shape index (κ1) is 19.8. The highest BCUT2D eigenvalue weighted by Gasteiger charge is 2.44. The maximum atomic E-state index is 11.6. The van der Waals surface area contributed by atoms with E-state index in [0.29, 0.717) is 24.2 Å². The monoisotopic (exact) mass is 409 g/mol. The van der Waals surface area contributed by atoms with Crippen molar-refractivity contribution >= 4 is 12.1 Å². The molecular weight excluding hydrogens is 386 g/mol. The van der Waals surface area contributed by atoms with E-state index in [0.717, 1.165) is 23.4 Å². The lowest BCUT2D eigenvalue weighted by atomic mass is 9.72. The van der Waals surface area contributed by atoms with Gasteiger partial charge in [-0.05, 0) is 61.8 Å². The van der Waals surface area contributed by atoms with Gasteiger partial charge in [-0.2, -0.15) is 5.26 Å². The summed E-state index contributed by atoms with van der Waals surface area (Å²) in [5.41, 5.74) is 1.35. The minimum absolute atomic E-state index is 0.0821. The summed E-state index contributed by atoms with van der Waals surface area (Å²) in [7, 11) is 0. The molecule has 1 aromatic carbocycles. The summed E-state index contributed by atoms with van der Waals surface area (Å²) in [5.74, 6) is -0.369. The molecule has 4 rings (SSSR count). The van der Waals surface area contributed by atoms with Crippen LogP contribution < -0.4 is 4.74 Å². The molecule has 1 aliphatic heterocycles. The number of hydrogen-bond acceptors (Lipinski definition) is 4. The van der Waals surface area contributed by atoms with Gasteiger partial charge in [0.15, 0.2) is 0 Å². The molecule has 8 nitrogen and oxygen atoms in total. The van der Waals surface area contributed by atoms with Gasteiger partial charge < -0.3 is 19.5 Å². The molecule has 0 unspecified atom stereocenters. The molecule has 0 spiro atoms. The van der Waals surface area contributed by atoms with Crippen LogP contribution in [0.3, 0.4) is 0 Å². The molecule has 156 valence electrons. The van der Waals surface area contributed by atoms with Crippen molar-refractivity contribution in [2.75, 3.05) is 6.54 Å². The molecule has 4 atom stereocenters. The van der Waals surface area contributed by atoms with Crippen molar-refractivity contribution in [2.24, 2.45) is 11.8 Å². The molecule has 0 radical (unpaired) electrons. The molecule has 1 saturated heterocycles. The van der Waals surface area contributed by atoms with E-state index in [1.807, 2.05) is 41.2 Å². The first-order valence-corrected chi connectivity index (χ1v) is 10.0. The Kier molecular flexibility index (Phi) is 5.36. The lowest BCUT2D eigenvalue weighted by Crippen LogP contribution is -2.54. The van der Waals surface area contributed by atoms with Crippen LogP contribution in [0, 0.1) is 23.2 Å². The van der Waals surface area contributed by atoms with Gasteiger partial charge in [0, 0.05) is 30.7 Å². The van der Waals surface area contributed by atoms with E-state index in [1.165, 1.54) is 0 Å². The molecule has 1 aromatic heterocycles. The third-order valence-corrected chi connectivity index (χ3v) is 6.24. The van der Waals surface area contributed by atoms with Crippen molar-refractivity contribution in [3.05, 3.63) is 48.3 Å². The molecule has 0 bridgehead atoms. The number of aromatic nitrogens is 1. The fourth-order valence-corrected chi connectivity index (χ4v) is 4.71. The van der Waals surface area contributed by atoms with Crippen LogP contribution in [-0.2, 0) is 4.79 Å². The van der Waals surface area contributed by atoms with Gasteiger partial charge in [0.05, 0.1) is 11.7 Å². The third-order valence-electron chi connectivity index (χ3n) is 6.24. The fourth-order valence-electron chi connectivity index (χ4n) is 4.71. The number of aliphatic carboxylic acids is 1. The van der Waals surface area contributed by atoms with Crippen molar-refractivity contribution < 1.29 is 24.5 Å². The van der Waals surface area contributed by atoms with Crippen LogP contribution in [-0.4, -0.2) is 50.4 Å². The Balaban J connectivity index is 1.50. The second-order valence-corrected chi connectivity index (χ2v) is 7.98. The van der Waals surface area contributed by atoms with Crippen LogP contribution in [0.2, 0.25) is 0 Å². The second kappa shape index (κ2) is 8.11. The number of carboxylic acids is 1. The highest BCUT2D eigenvalue weighted by atomic mass is 16.5. The Labute approximate surface area is 173 Å². The smallest absolute Gasteiger partial charge is 0.408 e. The van der Waals surface area contributed by atoms with Gasteiger partial charge in [-0.1, -0.05) is 0 Å². The maximum absolute atomic E-state index is 11.6. The second-order valence-electron chi connectivity index (χ2n) is 7.98. The number of rotatable bonds is 4. The average Bonchev–Trinajstić information content (AvgIpc) is 3.27. The number of carboxylic acid groups (broad SMARTS) is 2. The summed E-state index contributed by atoms with van der Waals surface area (Å²) in [6.45, 7) is 0.246. The first-order chi connectivity index (χ1) is 14.5. The normalized spacial score (nSPS) is 25.8. The highest BCUT2D eigenvalue weighted by molar-refractivity contribution is 5.79. The SMILES string of the molecule is N#Cc1ccc(-n2cccc2)cc1O[C@H]1CC[C@H]2CN(C(=O)O)[C@H](C(=O)O)C[C@H]2C1. The molecule has 30 heavy (non-hydrogen) atoms. The summed E-state index contributed by atoms with van der Waals surface area (Å²) >= 11 is 0. The number of likely N-dealkylation sites (tertiary alicyclic amines) is 1. The zero-order valence-electron chi connectivity index (χ0n) is 16.3. The topological polar surface area (TPSA) is 116 Å². The van der Waals surface area contributed by atoms with Gasteiger partial charge in [0.1, 0.15) is 17.9 Å². The van der Waals surface area contributed by atoms with Crippen LogP contribution in [0.4, 0.5) is 4.79 Å². The predicted octanol–water partition coefficient (Wildman–Crippen LogP) is 3.35. The van der Waals surface area contributed by atoms with Gasteiger partial charge in [0.2, 0.25) is 0 Å². The van der Waals surface area contributed by atoms with Gasteiger partial charge in [-0.3, -0.25) is 4.90 Å². The molecule has 2 N–H and O–H groups in total. The van der Waals surface area contributed by atoms with Crippen LogP contribution in [0.5, 0.6) is 5.75 Å². The Morgan fingerprint density at radius 1 is 1.10 bits per heavy atom. The molecule has 1 amide bonds. The number of nitrogens with zero attached hydrogens (tertiary/aromatic N) is 3. The van der Waals surface area contributed by atoms with Crippen molar-refractivity contribution in [1.82, 2.24) is 9.47 Å². The number of carbonyl (C=O) groups is 2. The highest BCUT2D eigenvalue weighted by Crippen LogP contribution is 2.40. The van der Waals surface area contributed by atoms with E-state index < -0.39 is 18.1 Å². The van der Waals surface area contributed by atoms with Crippen molar-refractivity contribution in [1.29, 1.82) is 5.26 Å². The van der Waals surface area contributed by atoms with Gasteiger partial charge in [0.25, 0.3) is 0 Å². The molecular formula is C22H23N3O5. The number of amides is 1. The fraction of sp³-hybridized carbons (Fsp3) is 0.409. The number of fused-ring (bicyclic) bond motifs is 1. The third kappa shape index (κ3) is 3.83. The Morgan fingerprint density at radius 2 is 1.87 bits per heavy atom. The molecule has 2 aliphatic rings. The van der Waals surface area contributed by atoms with Crippen molar-refractivity contribution in [3.8, 4) is 17.5 Å². The lowest BCUT2D eigenvalue weighted by Gasteiger charge is -2.45. The number of piperidine rings is 1. The molecule has 1 saturated carbocycles. The lowest BCUT2D eigenvalue weighted by molar-refractivity contribution is -0.146. The minimum Gasteiger partial charge on any atom is -0.489 e. The summed E-state index contributed by atoms with van der Waals surface area (Å²) in [4.78, 5) is 24.1. The Hall–Kier alpha value is -3.47. The first-order valence-electron chi connectivity index (χ1n) is 10.0. The van der Waals surface area contributed by atoms with E-state index in [2.05, 4.69) is 6.07 Å². The van der Waals surface area contributed by atoms with E-state index in [9.17, 15) is 25.1 Å². The van der Waals surface area contributed by atoms with Gasteiger partial charge in [-0.15, -0.1) is 0 Å². The quantitative estimate of drug-likeness (QED) is 0.800. The molecule has 8 heteroatoms. The zero-order valence-corrected chi connectivity index (χ0v) is 16.3. The van der Waals surface area contributed by atoms with E-state index >= 15 is 0 Å². The molecule has 2 heterocycles.